The first-order chi connectivity index (χ1) is 7.79. The second-order valence-corrected chi connectivity index (χ2v) is 5.97. The molecule has 3 heteroatoms. The number of hydrogen-bond donors (Lipinski definition) is 0. The van der Waals surface area contributed by atoms with E-state index < -0.39 is 0 Å². The van der Waals surface area contributed by atoms with Crippen LogP contribution in [0.1, 0.15) is 47.5 Å². The van der Waals surface area contributed by atoms with E-state index in [9.17, 15) is 4.79 Å². The molecule has 1 rings (SSSR count). The van der Waals surface area contributed by atoms with Gasteiger partial charge in [0.2, 0.25) is 0 Å². The number of ether oxygens (including phenoxy) is 1. The molecule has 0 saturated carbocycles. The lowest BCUT2D eigenvalue weighted by atomic mass is 10.1. The SMILES string of the molecule is CC(C)=CCN1CCC[C@@H]1C(=O)OC(C)(C)C. The molecule has 0 spiro atoms. The topological polar surface area (TPSA) is 29.5 Å². The van der Waals surface area contributed by atoms with Crippen LogP contribution in [-0.4, -0.2) is 35.6 Å². The number of carbonyl (C=O) groups is 1. The van der Waals surface area contributed by atoms with E-state index in [0.29, 0.717) is 0 Å². The fourth-order valence-electron chi connectivity index (χ4n) is 1.98. The molecule has 1 atom stereocenters. The first-order valence-corrected chi connectivity index (χ1v) is 6.40. The number of nitrogens with zero attached hydrogens (tertiary/aromatic N) is 1. The zero-order chi connectivity index (χ0) is 13.1. The number of esters is 1. The molecule has 0 aromatic heterocycles. The van der Waals surface area contributed by atoms with Crippen molar-refractivity contribution >= 4 is 5.97 Å². The molecular weight excluding hydrogens is 214 g/mol. The molecule has 0 N–H and O–H groups in total. The second kappa shape index (κ2) is 5.67. The molecule has 17 heavy (non-hydrogen) atoms. The van der Waals surface area contributed by atoms with Crippen LogP contribution in [0.3, 0.4) is 0 Å². The summed E-state index contributed by atoms with van der Waals surface area (Å²) >= 11 is 0. The van der Waals surface area contributed by atoms with Crippen molar-refractivity contribution in [3.63, 3.8) is 0 Å². The van der Waals surface area contributed by atoms with Gasteiger partial charge in [-0.25, -0.2) is 0 Å². The first kappa shape index (κ1) is 14.2. The van der Waals surface area contributed by atoms with Crippen molar-refractivity contribution in [2.75, 3.05) is 13.1 Å². The van der Waals surface area contributed by atoms with Gasteiger partial charge in [-0.05, 0) is 54.0 Å². The Morgan fingerprint density at radius 1 is 1.41 bits per heavy atom. The van der Waals surface area contributed by atoms with E-state index in [0.717, 1.165) is 25.9 Å². The Morgan fingerprint density at radius 3 is 2.59 bits per heavy atom. The first-order valence-electron chi connectivity index (χ1n) is 6.40. The van der Waals surface area contributed by atoms with Gasteiger partial charge < -0.3 is 4.74 Å². The van der Waals surface area contributed by atoms with Crippen LogP contribution in [0.5, 0.6) is 0 Å². The van der Waals surface area contributed by atoms with Gasteiger partial charge in [0.05, 0.1) is 0 Å². The van der Waals surface area contributed by atoms with Gasteiger partial charge in [-0.3, -0.25) is 9.69 Å². The van der Waals surface area contributed by atoms with Crippen molar-refractivity contribution in [1.82, 2.24) is 4.90 Å². The van der Waals surface area contributed by atoms with Crippen molar-refractivity contribution in [2.24, 2.45) is 0 Å². The lowest BCUT2D eigenvalue weighted by Gasteiger charge is -2.26. The van der Waals surface area contributed by atoms with Crippen molar-refractivity contribution in [3.8, 4) is 0 Å². The molecule has 0 amide bonds. The van der Waals surface area contributed by atoms with E-state index in [4.69, 9.17) is 4.74 Å². The molecule has 1 saturated heterocycles. The number of hydrogen-bond acceptors (Lipinski definition) is 3. The Bertz CT molecular complexity index is 298. The molecule has 0 aromatic rings. The van der Waals surface area contributed by atoms with Crippen molar-refractivity contribution in [1.29, 1.82) is 0 Å². The zero-order valence-corrected chi connectivity index (χ0v) is 11.7. The summed E-state index contributed by atoms with van der Waals surface area (Å²) in [7, 11) is 0. The summed E-state index contributed by atoms with van der Waals surface area (Å²) in [5, 5.41) is 0. The van der Waals surface area contributed by atoms with E-state index >= 15 is 0 Å². The largest absolute Gasteiger partial charge is 0.459 e. The Hall–Kier alpha value is -0.830. The van der Waals surface area contributed by atoms with E-state index in [1.165, 1.54) is 5.57 Å². The molecule has 3 nitrogen and oxygen atoms in total. The fourth-order valence-corrected chi connectivity index (χ4v) is 1.98. The Labute approximate surface area is 105 Å². The predicted molar refractivity (Wildman–Crippen MR) is 69.9 cm³/mol. The van der Waals surface area contributed by atoms with E-state index in [1.807, 2.05) is 20.8 Å². The van der Waals surface area contributed by atoms with Gasteiger partial charge in [-0.2, -0.15) is 0 Å². The van der Waals surface area contributed by atoms with Gasteiger partial charge in [0.15, 0.2) is 0 Å². The lowest BCUT2D eigenvalue weighted by Crippen LogP contribution is -2.40. The molecule has 0 bridgehead atoms. The van der Waals surface area contributed by atoms with Crippen LogP contribution >= 0.6 is 0 Å². The van der Waals surface area contributed by atoms with Crippen LogP contribution in [0, 0.1) is 0 Å². The number of rotatable bonds is 3. The minimum absolute atomic E-state index is 0.0511. The number of likely N-dealkylation sites (tertiary alicyclic amines) is 1. The summed E-state index contributed by atoms with van der Waals surface area (Å²) in [6.07, 6.45) is 4.18. The zero-order valence-electron chi connectivity index (χ0n) is 11.7. The van der Waals surface area contributed by atoms with Gasteiger partial charge in [-0.1, -0.05) is 11.6 Å². The molecular formula is C14H25NO2. The average molecular weight is 239 g/mol. The molecule has 1 heterocycles. The van der Waals surface area contributed by atoms with Gasteiger partial charge in [0.1, 0.15) is 11.6 Å². The van der Waals surface area contributed by atoms with E-state index in [-0.39, 0.29) is 17.6 Å². The maximum Gasteiger partial charge on any atom is 0.323 e. The van der Waals surface area contributed by atoms with Crippen LogP contribution in [0.4, 0.5) is 0 Å². The molecule has 0 radical (unpaired) electrons. The predicted octanol–water partition coefficient (Wildman–Crippen LogP) is 2.76. The highest BCUT2D eigenvalue weighted by molar-refractivity contribution is 5.76. The summed E-state index contributed by atoms with van der Waals surface area (Å²) in [6, 6.07) is -0.0511. The monoisotopic (exact) mass is 239 g/mol. The molecule has 1 aliphatic rings. The maximum absolute atomic E-state index is 12.0. The van der Waals surface area contributed by atoms with Gasteiger partial charge >= 0.3 is 5.97 Å². The summed E-state index contributed by atoms with van der Waals surface area (Å²) in [5.41, 5.74) is 0.904. The number of carbonyl (C=O) groups excluding carboxylic acids is 1. The van der Waals surface area contributed by atoms with E-state index in [2.05, 4.69) is 24.8 Å². The highest BCUT2D eigenvalue weighted by atomic mass is 16.6. The van der Waals surface area contributed by atoms with Crippen molar-refractivity contribution < 1.29 is 9.53 Å². The smallest absolute Gasteiger partial charge is 0.323 e. The Balaban J connectivity index is 2.57. The Kier molecular flexibility index (Phi) is 4.75. The van der Waals surface area contributed by atoms with Crippen LogP contribution in [0.15, 0.2) is 11.6 Å². The summed E-state index contributed by atoms with van der Waals surface area (Å²) < 4.78 is 5.46. The quantitative estimate of drug-likeness (QED) is 0.560. The van der Waals surface area contributed by atoms with Crippen molar-refractivity contribution in [3.05, 3.63) is 11.6 Å². The minimum atomic E-state index is -0.387. The highest BCUT2D eigenvalue weighted by Gasteiger charge is 2.33. The second-order valence-electron chi connectivity index (χ2n) is 5.97. The van der Waals surface area contributed by atoms with Crippen LogP contribution in [-0.2, 0) is 9.53 Å². The highest BCUT2D eigenvalue weighted by Crippen LogP contribution is 2.21. The average Bonchev–Trinajstić information content (AvgIpc) is 2.59. The van der Waals surface area contributed by atoms with Crippen LogP contribution in [0.2, 0.25) is 0 Å². The molecule has 0 aromatic carbocycles. The van der Waals surface area contributed by atoms with Gasteiger partial charge in [0.25, 0.3) is 0 Å². The van der Waals surface area contributed by atoms with E-state index in [1.54, 1.807) is 0 Å². The summed E-state index contributed by atoms with van der Waals surface area (Å²) in [4.78, 5) is 14.2. The third-order valence-electron chi connectivity index (χ3n) is 2.78. The van der Waals surface area contributed by atoms with Crippen molar-refractivity contribution in [2.45, 2.75) is 59.1 Å². The molecule has 0 unspecified atom stereocenters. The third-order valence-corrected chi connectivity index (χ3v) is 2.78. The third kappa shape index (κ3) is 4.90. The van der Waals surface area contributed by atoms with Gasteiger partial charge in [-0.15, -0.1) is 0 Å². The standard InChI is InChI=1S/C14H25NO2/c1-11(2)8-10-15-9-6-7-12(15)13(16)17-14(3,4)5/h8,12H,6-7,9-10H2,1-5H3/t12-/m1/s1. The molecule has 1 aliphatic heterocycles. The van der Waals surface area contributed by atoms with Crippen LogP contribution in [0.25, 0.3) is 0 Å². The molecule has 98 valence electrons. The summed E-state index contributed by atoms with van der Waals surface area (Å²) in [5.74, 6) is -0.0721. The molecule has 0 aliphatic carbocycles. The maximum atomic E-state index is 12.0. The number of allylic oxidation sites excluding steroid dienone is 1. The van der Waals surface area contributed by atoms with Gasteiger partial charge in [0, 0.05) is 6.54 Å². The Morgan fingerprint density at radius 2 is 2.06 bits per heavy atom. The minimum Gasteiger partial charge on any atom is -0.459 e. The fraction of sp³-hybridized carbons (Fsp3) is 0.786. The summed E-state index contributed by atoms with van der Waals surface area (Å²) in [6.45, 7) is 11.8. The van der Waals surface area contributed by atoms with Crippen LogP contribution < -0.4 is 0 Å². The molecule has 1 fully saturated rings. The normalized spacial score (nSPS) is 21.4. The lowest BCUT2D eigenvalue weighted by molar-refractivity contribution is -0.160.